The summed E-state index contributed by atoms with van der Waals surface area (Å²) in [6, 6.07) is 12.8. The monoisotopic (exact) mass is 311 g/mol. The molecule has 23 heavy (non-hydrogen) atoms. The van der Waals surface area contributed by atoms with Crippen molar-refractivity contribution in [1.82, 2.24) is 4.98 Å². The van der Waals surface area contributed by atoms with Crippen molar-refractivity contribution in [3.05, 3.63) is 48.7 Å². The molecule has 1 aromatic heterocycles. The molecule has 0 aliphatic carbocycles. The molecule has 6 heteroatoms. The van der Waals surface area contributed by atoms with E-state index in [1.54, 1.807) is 17.0 Å². The van der Waals surface area contributed by atoms with Crippen molar-refractivity contribution in [3.63, 3.8) is 0 Å². The Balaban J connectivity index is 1.65. The minimum Gasteiger partial charge on any atom is -0.481 e. The highest BCUT2D eigenvalue weighted by Gasteiger charge is 2.35. The van der Waals surface area contributed by atoms with Crippen LogP contribution in [0.25, 0.3) is 0 Å². The summed E-state index contributed by atoms with van der Waals surface area (Å²) in [6.07, 6.45) is 1.74. The number of carbonyl (C=O) groups is 2. The van der Waals surface area contributed by atoms with Crippen LogP contribution in [0, 0.1) is 5.92 Å². The van der Waals surface area contributed by atoms with Gasteiger partial charge in [0.1, 0.15) is 0 Å². The van der Waals surface area contributed by atoms with Gasteiger partial charge in [0.2, 0.25) is 17.7 Å². The highest BCUT2D eigenvalue weighted by Crippen LogP contribution is 2.25. The molecule has 1 unspecified atom stereocenters. The first-order chi connectivity index (χ1) is 11.2. The summed E-state index contributed by atoms with van der Waals surface area (Å²) >= 11 is 0. The Labute approximate surface area is 134 Å². The zero-order valence-electron chi connectivity index (χ0n) is 12.7. The van der Waals surface area contributed by atoms with Gasteiger partial charge in [-0.1, -0.05) is 18.2 Å². The van der Waals surface area contributed by atoms with Crippen LogP contribution in [0.2, 0.25) is 0 Å². The van der Waals surface area contributed by atoms with E-state index in [2.05, 4.69) is 10.3 Å². The summed E-state index contributed by atoms with van der Waals surface area (Å²) in [5.41, 5.74) is 1.40. The van der Waals surface area contributed by atoms with Crippen molar-refractivity contribution in [3.8, 4) is 5.88 Å². The van der Waals surface area contributed by atoms with Gasteiger partial charge in [-0.3, -0.25) is 9.59 Å². The summed E-state index contributed by atoms with van der Waals surface area (Å²) < 4.78 is 4.98. The quantitative estimate of drug-likeness (QED) is 0.938. The van der Waals surface area contributed by atoms with E-state index in [4.69, 9.17) is 4.74 Å². The van der Waals surface area contributed by atoms with Crippen LogP contribution in [0.4, 0.5) is 11.4 Å². The first-order valence-electron chi connectivity index (χ1n) is 7.33. The van der Waals surface area contributed by atoms with Crippen LogP contribution >= 0.6 is 0 Å². The second-order valence-electron chi connectivity index (χ2n) is 5.32. The van der Waals surface area contributed by atoms with E-state index in [-0.39, 0.29) is 24.2 Å². The largest absolute Gasteiger partial charge is 0.481 e. The molecule has 0 spiro atoms. The maximum Gasteiger partial charge on any atom is 0.229 e. The molecule has 0 saturated carbocycles. The average molecular weight is 311 g/mol. The Hall–Kier alpha value is -2.89. The molecule has 2 heterocycles. The molecular weight excluding hydrogens is 294 g/mol. The Morgan fingerprint density at radius 2 is 2.04 bits per heavy atom. The molecule has 0 bridgehead atoms. The Bertz CT molecular complexity index is 701. The van der Waals surface area contributed by atoms with Crippen molar-refractivity contribution in [2.24, 2.45) is 5.92 Å². The molecule has 1 fully saturated rings. The van der Waals surface area contributed by atoms with E-state index in [0.717, 1.165) is 5.69 Å². The minimum absolute atomic E-state index is 0.0378. The lowest BCUT2D eigenvalue weighted by Crippen LogP contribution is -2.28. The van der Waals surface area contributed by atoms with Crippen LogP contribution in [0.5, 0.6) is 5.88 Å². The Morgan fingerprint density at radius 3 is 2.70 bits per heavy atom. The first-order valence-corrected chi connectivity index (χ1v) is 7.33. The lowest BCUT2D eigenvalue weighted by atomic mass is 10.1. The predicted molar refractivity (Wildman–Crippen MR) is 86.3 cm³/mol. The van der Waals surface area contributed by atoms with Gasteiger partial charge < -0.3 is 15.0 Å². The first kappa shape index (κ1) is 15.0. The van der Waals surface area contributed by atoms with Crippen molar-refractivity contribution in [2.45, 2.75) is 6.42 Å². The smallest absolute Gasteiger partial charge is 0.229 e. The molecular formula is C17H17N3O3. The number of benzene rings is 1. The second-order valence-corrected chi connectivity index (χ2v) is 5.32. The maximum atomic E-state index is 12.3. The van der Waals surface area contributed by atoms with Crippen LogP contribution in [0.15, 0.2) is 48.7 Å². The number of ether oxygens (including phenoxy) is 1. The molecule has 1 aliphatic heterocycles. The number of para-hydroxylation sites is 1. The Morgan fingerprint density at radius 1 is 1.26 bits per heavy atom. The number of carbonyl (C=O) groups excluding carboxylic acids is 2. The summed E-state index contributed by atoms with van der Waals surface area (Å²) in [5.74, 6) is -0.105. The van der Waals surface area contributed by atoms with E-state index < -0.39 is 0 Å². The summed E-state index contributed by atoms with van der Waals surface area (Å²) in [4.78, 5) is 30.2. The predicted octanol–water partition coefficient (Wildman–Crippen LogP) is 2.08. The molecule has 6 nitrogen and oxygen atoms in total. The van der Waals surface area contributed by atoms with Gasteiger partial charge in [0.25, 0.3) is 0 Å². The zero-order chi connectivity index (χ0) is 16.2. The van der Waals surface area contributed by atoms with Crippen molar-refractivity contribution < 1.29 is 14.3 Å². The number of nitrogens with zero attached hydrogens (tertiary/aromatic N) is 2. The van der Waals surface area contributed by atoms with Gasteiger partial charge >= 0.3 is 0 Å². The molecule has 118 valence electrons. The lowest BCUT2D eigenvalue weighted by Gasteiger charge is -2.16. The van der Waals surface area contributed by atoms with Crippen LogP contribution < -0.4 is 15.0 Å². The van der Waals surface area contributed by atoms with Crippen molar-refractivity contribution in [2.75, 3.05) is 23.9 Å². The molecule has 0 radical (unpaired) electrons. The standard InChI is InChI=1S/C17H17N3O3/c1-23-15-8-7-13(10-18-15)19-17(22)12-9-16(21)20(11-12)14-5-3-2-4-6-14/h2-8,10,12H,9,11H2,1H3,(H,19,22). The highest BCUT2D eigenvalue weighted by molar-refractivity contribution is 6.03. The normalized spacial score (nSPS) is 17.2. The fourth-order valence-electron chi connectivity index (χ4n) is 2.56. The fourth-order valence-corrected chi connectivity index (χ4v) is 2.56. The Kier molecular flexibility index (Phi) is 4.23. The van der Waals surface area contributed by atoms with Gasteiger partial charge in [-0.2, -0.15) is 0 Å². The second kappa shape index (κ2) is 6.48. The summed E-state index contributed by atoms with van der Waals surface area (Å²) in [5, 5.41) is 2.79. The summed E-state index contributed by atoms with van der Waals surface area (Å²) in [7, 11) is 1.53. The van der Waals surface area contributed by atoms with Crippen LogP contribution in [-0.2, 0) is 9.59 Å². The molecule has 1 aromatic carbocycles. The van der Waals surface area contributed by atoms with Crippen LogP contribution in [-0.4, -0.2) is 30.5 Å². The van der Waals surface area contributed by atoms with Crippen molar-refractivity contribution >= 4 is 23.2 Å². The van der Waals surface area contributed by atoms with Gasteiger partial charge in [0.15, 0.2) is 0 Å². The van der Waals surface area contributed by atoms with Crippen LogP contribution in [0.1, 0.15) is 6.42 Å². The lowest BCUT2D eigenvalue weighted by molar-refractivity contribution is -0.122. The van der Waals surface area contributed by atoms with Gasteiger partial charge in [-0.05, 0) is 18.2 Å². The molecule has 3 rings (SSSR count). The average Bonchev–Trinajstić information content (AvgIpc) is 2.98. The number of aromatic nitrogens is 1. The number of anilines is 2. The number of pyridine rings is 1. The number of hydrogen-bond donors (Lipinski definition) is 1. The molecule has 2 amide bonds. The van der Waals surface area contributed by atoms with E-state index >= 15 is 0 Å². The van der Waals surface area contributed by atoms with Crippen LogP contribution in [0.3, 0.4) is 0 Å². The number of nitrogens with one attached hydrogen (secondary N) is 1. The van der Waals surface area contributed by atoms with E-state index in [9.17, 15) is 9.59 Å². The molecule has 1 saturated heterocycles. The molecule has 2 aromatic rings. The van der Waals surface area contributed by atoms with E-state index in [0.29, 0.717) is 18.1 Å². The van der Waals surface area contributed by atoms with Crippen molar-refractivity contribution in [1.29, 1.82) is 0 Å². The fraction of sp³-hybridized carbons (Fsp3) is 0.235. The zero-order valence-corrected chi connectivity index (χ0v) is 12.7. The molecule has 1 N–H and O–H groups in total. The third-order valence-corrected chi connectivity index (χ3v) is 3.78. The summed E-state index contributed by atoms with van der Waals surface area (Å²) in [6.45, 7) is 0.387. The number of hydrogen-bond acceptors (Lipinski definition) is 4. The van der Waals surface area contributed by atoms with Gasteiger partial charge in [0.05, 0.1) is 24.9 Å². The third kappa shape index (κ3) is 3.31. The van der Waals surface area contributed by atoms with E-state index in [1.807, 2.05) is 30.3 Å². The number of methoxy groups -OCH3 is 1. The van der Waals surface area contributed by atoms with E-state index in [1.165, 1.54) is 13.3 Å². The number of amides is 2. The molecule has 1 aliphatic rings. The minimum atomic E-state index is -0.371. The van der Waals surface area contributed by atoms with Gasteiger partial charge in [-0.15, -0.1) is 0 Å². The van der Waals surface area contributed by atoms with Gasteiger partial charge in [-0.25, -0.2) is 4.98 Å². The topological polar surface area (TPSA) is 71.5 Å². The highest BCUT2D eigenvalue weighted by atomic mass is 16.5. The number of rotatable bonds is 4. The maximum absolute atomic E-state index is 12.3. The molecule has 1 atom stereocenters. The third-order valence-electron chi connectivity index (χ3n) is 3.78. The van der Waals surface area contributed by atoms with Gasteiger partial charge in [0, 0.05) is 24.7 Å². The SMILES string of the molecule is COc1ccc(NC(=O)C2CC(=O)N(c3ccccc3)C2)cn1.